The molecule has 1 fully saturated rings. The Bertz CT molecular complexity index is 865. The number of halogens is 1. The molecule has 128 valence electrons. The third kappa shape index (κ3) is 4.13. The molecule has 0 unspecified atom stereocenters. The van der Waals surface area contributed by atoms with Crippen molar-refractivity contribution < 1.29 is 14.5 Å². The van der Waals surface area contributed by atoms with Crippen LogP contribution in [0.25, 0.3) is 0 Å². The molecule has 25 heavy (non-hydrogen) atoms. The van der Waals surface area contributed by atoms with Gasteiger partial charge >= 0.3 is 0 Å². The van der Waals surface area contributed by atoms with Gasteiger partial charge in [-0.2, -0.15) is 0 Å². The molecule has 0 aliphatic heterocycles. The highest BCUT2D eigenvalue weighted by molar-refractivity contribution is 6.32. The summed E-state index contributed by atoms with van der Waals surface area (Å²) in [6, 6.07) is 10.5. The smallest absolute Gasteiger partial charge is 0.288 e. The number of hydrogen-bond acceptors (Lipinski definition) is 4. The molecule has 1 aliphatic carbocycles. The highest BCUT2D eigenvalue weighted by Crippen LogP contribution is 2.25. The molecule has 3 rings (SSSR count). The Labute approximate surface area is 148 Å². The van der Waals surface area contributed by atoms with Crippen LogP contribution >= 0.6 is 11.6 Å². The Kier molecular flexibility index (Phi) is 4.67. The molecule has 0 heterocycles. The van der Waals surface area contributed by atoms with Gasteiger partial charge < -0.3 is 10.6 Å². The second-order valence-electron chi connectivity index (χ2n) is 5.71. The molecule has 0 aromatic heterocycles. The van der Waals surface area contributed by atoms with Crippen molar-refractivity contribution in [3.05, 3.63) is 68.7 Å². The molecule has 8 heteroatoms. The quantitative estimate of drug-likeness (QED) is 0.631. The van der Waals surface area contributed by atoms with E-state index in [1.54, 1.807) is 24.3 Å². The minimum atomic E-state index is -0.651. The highest BCUT2D eigenvalue weighted by Gasteiger charge is 2.24. The highest BCUT2D eigenvalue weighted by atomic mass is 35.5. The number of carbonyl (C=O) groups excluding carboxylic acids is 2. The number of anilines is 1. The number of nitrogens with one attached hydrogen (secondary N) is 2. The summed E-state index contributed by atoms with van der Waals surface area (Å²) >= 11 is 5.74. The van der Waals surface area contributed by atoms with Crippen molar-refractivity contribution >= 4 is 34.8 Å². The second kappa shape index (κ2) is 6.90. The molecule has 1 saturated carbocycles. The molecule has 0 atom stereocenters. The fourth-order valence-corrected chi connectivity index (χ4v) is 2.42. The van der Waals surface area contributed by atoms with Gasteiger partial charge in [-0.1, -0.05) is 17.7 Å². The average Bonchev–Trinajstić information content (AvgIpc) is 3.39. The van der Waals surface area contributed by atoms with E-state index in [1.165, 1.54) is 12.1 Å². The van der Waals surface area contributed by atoms with Crippen molar-refractivity contribution in [3.63, 3.8) is 0 Å². The number of benzene rings is 2. The van der Waals surface area contributed by atoms with Crippen LogP contribution in [0, 0.1) is 10.1 Å². The van der Waals surface area contributed by atoms with E-state index in [2.05, 4.69) is 10.6 Å². The van der Waals surface area contributed by atoms with E-state index in [-0.39, 0.29) is 28.2 Å². The summed E-state index contributed by atoms with van der Waals surface area (Å²) in [7, 11) is 0. The lowest BCUT2D eigenvalue weighted by atomic mass is 10.1. The zero-order valence-corrected chi connectivity index (χ0v) is 13.7. The Balaban J connectivity index is 1.75. The van der Waals surface area contributed by atoms with E-state index in [0.717, 1.165) is 18.9 Å². The predicted octanol–water partition coefficient (Wildman–Crippen LogP) is 3.39. The van der Waals surface area contributed by atoms with Crippen LogP contribution in [0.4, 0.5) is 11.4 Å². The predicted molar refractivity (Wildman–Crippen MR) is 93.0 cm³/mol. The van der Waals surface area contributed by atoms with Gasteiger partial charge in [0.25, 0.3) is 17.5 Å². The molecule has 0 bridgehead atoms. The van der Waals surface area contributed by atoms with E-state index >= 15 is 0 Å². The lowest BCUT2D eigenvalue weighted by Crippen LogP contribution is -2.25. The molecule has 1 aliphatic rings. The first-order chi connectivity index (χ1) is 11.9. The summed E-state index contributed by atoms with van der Waals surface area (Å²) in [5, 5.41) is 16.4. The number of nitro groups is 1. The van der Waals surface area contributed by atoms with Crippen LogP contribution < -0.4 is 10.6 Å². The lowest BCUT2D eigenvalue weighted by Gasteiger charge is -2.08. The van der Waals surface area contributed by atoms with Gasteiger partial charge in [-0.15, -0.1) is 0 Å². The van der Waals surface area contributed by atoms with Gasteiger partial charge in [0.15, 0.2) is 0 Å². The first kappa shape index (κ1) is 16.9. The van der Waals surface area contributed by atoms with Crippen LogP contribution in [0.5, 0.6) is 0 Å². The molecule has 2 aromatic carbocycles. The standard InChI is InChI=1S/C17H14ClN3O4/c18-14-7-4-11(9-15(14)21(24)25)17(23)20-13-3-1-2-10(8-13)16(22)19-12-5-6-12/h1-4,7-9,12H,5-6H2,(H,19,22)(H,20,23). The van der Waals surface area contributed by atoms with Crippen molar-refractivity contribution in [1.29, 1.82) is 0 Å². The fourth-order valence-electron chi connectivity index (χ4n) is 2.23. The van der Waals surface area contributed by atoms with Crippen LogP contribution in [0.3, 0.4) is 0 Å². The third-order valence-corrected chi connectivity index (χ3v) is 4.02. The minimum absolute atomic E-state index is 0.0414. The zero-order valence-electron chi connectivity index (χ0n) is 13.0. The van der Waals surface area contributed by atoms with Crippen LogP contribution in [0.15, 0.2) is 42.5 Å². The molecule has 0 saturated heterocycles. The lowest BCUT2D eigenvalue weighted by molar-refractivity contribution is -0.384. The zero-order chi connectivity index (χ0) is 18.0. The Morgan fingerprint density at radius 1 is 1.08 bits per heavy atom. The number of rotatable bonds is 5. The topological polar surface area (TPSA) is 101 Å². The second-order valence-corrected chi connectivity index (χ2v) is 6.11. The molecule has 2 aromatic rings. The normalized spacial score (nSPS) is 13.2. The van der Waals surface area contributed by atoms with Crippen LogP contribution in [-0.4, -0.2) is 22.8 Å². The van der Waals surface area contributed by atoms with Crippen molar-refractivity contribution in [2.45, 2.75) is 18.9 Å². The van der Waals surface area contributed by atoms with Gasteiger partial charge in [0.2, 0.25) is 0 Å². The largest absolute Gasteiger partial charge is 0.349 e. The summed E-state index contributed by atoms with van der Waals surface area (Å²) in [5.41, 5.74) is 0.619. The monoisotopic (exact) mass is 359 g/mol. The van der Waals surface area contributed by atoms with Crippen molar-refractivity contribution in [2.75, 3.05) is 5.32 Å². The SMILES string of the molecule is O=C(Nc1cccc(C(=O)NC2CC2)c1)c1ccc(Cl)c([N+](=O)[O-])c1. The minimum Gasteiger partial charge on any atom is -0.349 e. The van der Waals surface area contributed by atoms with E-state index in [4.69, 9.17) is 11.6 Å². The number of nitrogens with zero attached hydrogens (tertiary/aromatic N) is 1. The summed E-state index contributed by atoms with van der Waals surface area (Å²) in [5.74, 6) is -0.722. The van der Waals surface area contributed by atoms with Crippen molar-refractivity contribution in [3.8, 4) is 0 Å². The van der Waals surface area contributed by atoms with Crippen LogP contribution in [0.2, 0.25) is 5.02 Å². The number of amides is 2. The van der Waals surface area contributed by atoms with E-state index < -0.39 is 10.8 Å². The fraction of sp³-hybridized carbons (Fsp3) is 0.176. The van der Waals surface area contributed by atoms with Gasteiger partial charge in [-0.3, -0.25) is 19.7 Å². The summed E-state index contributed by atoms with van der Waals surface area (Å²) in [4.78, 5) is 34.6. The number of hydrogen-bond donors (Lipinski definition) is 2. The molecule has 2 N–H and O–H groups in total. The van der Waals surface area contributed by atoms with E-state index in [0.29, 0.717) is 11.3 Å². The summed E-state index contributed by atoms with van der Waals surface area (Å²) < 4.78 is 0. The van der Waals surface area contributed by atoms with Crippen LogP contribution in [0.1, 0.15) is 33.6 Å². The maximum Gasteiger partial charge on any atom is 0.288 e. The Morgan fingerprint density at radius 2 is 1.80 bits per heavy atom. The van der Waals surface area contributed by atoms with Gasteiger partial charge in [0.1, 0.15) is 5.02 Å². The molecule has 0 radical (unpaired) electrons. The van der Waals surface area contributed by atoms with Gasteiger partial charge in [-0.25, -0.2) is 0 Å². The van der Waals surface area contributed by atoms with Gasteiger partial charge in [-0.05, 0) is 43.2 Å². The maximum atomic E-state index is 12.3. The number of nitro benzene ring substituents is 1. The van der Waals surface area contributed by atoms with Crippen LogP contribution in [-0.2, 0) is 0 Å². The molecular weight excluding hydrogens is 346 g/mol. The molecule has 0 spiro atoms. The van der Waals surface area contributed by atoms with Crippen molar-refractivity contribution in [1.82, 2.24) is 5.32 Å². The third-order valence-electron chi connectivity index (χ3n) is 3.70. The maximum absolute atomic E-state index is 12.3. The Hall–Kier alpha value is -2.93. The molecule has 7 nitrogen and oxygen atoms in total. The molecular formula is C17H14ClN3O4. The van der Waals surface area contributed by atoms with Gasteiger partial charge in [0.05, 0.1) is 4.92 Å². The first-order valence-electron chi connectivity index (χ1n) is 7.60. The van der Waals surface area contributed by atoms with E-state index in [9.17, 15) is 19.7 Å². The van der Waals surface area contributed by atoms with E-state index in [1.807, 2.05) is 0 Å². The first-order valence-corrected chi connectivity index (χ1v) is 7.98. The number of carbonyl (C=O) groups is 2. The average molecular weight is 360 g/mol. The van der Waals surface area contributed by atoms with Gasteiger partial charge in [0, 0.05) is 28.9 Å². The summed E-state index contributed by atoms with van der Waals surface area (Å²) in [6.07, 6.45) is 1.97. The molecule has 2 amide bonds. The Morgan fingerprint density at radius 3 is 2.48 bits per heavy atom. The van der Waals surface area contributed by atoms with Crippen molar-refractivity contribution in [2.24, 2.45) is 0 Å². The summed E-state index contributed by atoms with van der Waals surface area (Å²) in [6.45, 7) is 0.